The summed E-state index contributed by atoms with van der Waals surface area (Å²) in [5, 5.41) is 0. The van der Waals surface area contributed by atoms with Gasteiger partial charge in [0.15, 0.2) is 0 Å². The molecular weight excluding hydrogens is 419 g/mol. The van der Waals surface area contributed by atoms with Gasteiger partial charge in [0.1, 0.15) is 46.3 Å². The predicted molar refractivity (Wildman–Crippen MR) is 102 cm³/mol. The number of hydrogen-bond acceptors (Lipinski definition) is 5. The molecule has 154 valence electrons. The summed E-state index contributed by atoms with van der Waals surface area (Å²) in [7, 11) is -4.12. The summed E-state index contributed by atoms with van der Waals surface area (Å²) in [6.45, 7) is 0.0805. The van der Waals surface area contributed by atoms with Crippen molar-refractivity contribution in [2.24, 2.45) is 4.99 Å². The molecule has 1 aliphatic heterocycles. The van der Waals surface area contributed by atoms with E-state index < -0.39 is 33.6 Å². The average Bonchev–Trinajstić information content (AvgIpc) is 3.18. The third kappa shape index (κ3) is 4.02. The zero-order valence-corrected chi connectivity index (χ0v) is 16.1. The number of hydrogen-bond donors (Lipinski definition) is 0. The number of ether oxygens (including phenoxy) is 1. The smallest absolute Gasteiger partial charge is 0.339 e. The first-order valence-corrected chi connectivity index (χ1v) is 10.2. The Morgan fingerprint density at radius 3 is 2.17 bits per heavy atom. The van der Waals surface area contributed by atoms with Crippen LogP contribution < -0.4 is 4.18 Å². The van der Waals surface area contributed by atoms with Crippen LogP contribution in [-0.4, -0.2) is 20.9 Å². The van der Waals surface area contributed by atoms with Crippen molar-refractivity contribution in [3.63, 3.8) is 0 Å². The number of halogens is 3. The molecule has 5 nitrogen and oxygen atoms in total. The fourth-order valence-electron chi connectivity index (χ4n) is 2.91. The molecule has 3 aromatic rings. The SMILES string of the molecule is O=S(=O)(Oc1ccc(C2COC(c3c(F)cccc3F)=N2)cc1)c1ccc(F)cc1. The fraction of sp³-hybridized carbons (Fsp3) is 0.0952. The normalized spacial score (nSPS) is 16.1. The molecule has 0 N–H and O–H groups in total. The van der Waals surface area contributed by atoms with E-state index in [0.29, 0.717) is 5.56 Å². The van der Waals surface area contributed by atoms with Crippen LogP contribution in [0.5, 0.6) is 5.75 Å². The van der Waals surface area contributed by atoms with Crippen LogP contribution in [0.25, 0.3) is 0 Å². The summed E-state index contributed by atoms with van der Waals surface area (Å²) in [6.07, 6.45) is 0. The highest BCUT2D eigenvalue weighted by Crippen LogP contribution is 2.29. The standard InChI is InChI=1S/C21H14F3NO4S/c22-14-6-10-16(11-7-14)30(26,27)29-15-8-4-13(5-9-15)19-12-28-21(25-19)20-17(23)2-1-3-18(20)24/h1-11,19H,12H2. The molecule has 1 heterocycles. The van der Waals surface area contributed by atoms with Crippen molar-refractivity contribution in [2.75, 3.05) is 6.61 Å². The van der Waals surface area contributed by atoms with Gasteiger partial charge >= 0.3 is 10.1 Å². The summed E-state index contributed by atoms with van der Waals surface area (Å²) in [5.74, 6) is -2.19. The highest BCUT2D eigenvalue weighted by atomic mass is 32.2. The Morgan fingerprint density at radius 1 is 0.900 bits per heavy atom. The second-order valence-electron chi connectivity index (χ2n) is 6.42. The lowest BCUT2D eigenvalue weighted by molar-refractivity contribution is 0.317. The van der Waals surface area contributed by atoms with Crippen LogP contribution in [0, 0.1) is 17.5 Å². The molecule has 3 aromatic carbocycles. The second-order valence-corrected chi connectivity index (χ2v) is 7.96. The molecule has 0 saturated heterocycles. The maximum atomic E-state index is 13.9. The van der Waals surface area contributed by atoms with Crippen molar-refractivity contribution in [3.05, 3.63) is 95.3 Å². The van der Waals surface area contributed by atoms with Gasteiger partial charge in [0.25, 0.3) is 0 Å². The molecule has 1 atom stereocenters. The molecule has 9 heteroatoms. The first-order valence-electron chi connectivity index (χ1n) is 8.78. The van der Waals surface area contributed by atoms with Gasteiger partial charge in [-0.15, -0.1) is 0 Å². The summed E-state index contributed by atoms with van der Waals surface area (Å²) in [6, 6.07) is 13.2. The largest absolute Gasteiger partial charge is 0.475 e. The molecule has 4 rings (SSSR count). The van der Waals surface area contributed by atoms with Gasteiger partial charge in [-0.25, -0.2) is 18.2 Å². The Hall–Kier alpha value is -3.33. The van der Waals surface area contributed by atoms with Crippen molar-refractivity contribution < 1.29 is 30.5 Å². The molecule has 0 radical (unpaired) electrons. The molecule has 1 aliphatic rings. The van der Waals surface area contributed by atoms with Crippen LogP contribution in [-0.2, 0) is 14.9 Å². The van der Waals surface area contributed by atoms with E-state index in [-0.39, 0.29) is 28.7 Å². The number of rotatable bonds is 5. The minimum absolute atomic E-state index is 0.0475. The highest BCUT2D eigenvalue weighted by molar-refractivity contribution is 7.87. The molecule has 0 aliphatic carbocycles. The van der Waals surface area contributed by atoms with E-state index in [2.05, 4.69) is 4.99 Å². The second kappa shape index (κ2) is 7.83. The summed E-state index contributed by atoms with van der Waals surface area (Å²) < 4.78 is 75.7. The first kappa shape index (κ1) is 20.0. The van der Waals surface area contributed by atoms with Crippen molar-refractivity contribution >= 4 is 16.0 Å². The third-order valence-electron chi connectivity index (χ3n) is 4.40. The maximum Gasteiger partial charge on any atom is 0.339 e. The van der Waals surface area contributed by atoms with Crippen molar-refractivity contribution in [1.82, 2.24) is 0 Å². The van der Waals surface area contributed by atoms with E-state index in [0.717, 1.165) is 36.4 Å². The van der Waals surface area contributed by atoms with E-state index in [1.165, 1.54) is 18.2 Å². The summed E-state index contributed by atoms with van der Waals surface area (Å²) in [5.41, 5.74) is 0.318. The van der Waals surface area contributed by atoms with Crippen LogP contribution in [0.1, 0.15) is 17.2 Å². The molecule has 0 bridgehead atoms. The molecular formula is C21H14F3NO4S. The Labute approximate surface area is 170 Å². The molecule has 30 heavy (non-hydrogen) atoms. The van der Waals surface area contributed by atoms with Gasteiger partial charge in [-0.1, -0.05) is 18.2 Å². The monoisotopic (exact) mass is 433 g/mol. The third-order valence-corrected chi connectivity index (χ3v) is 5.66. The van der Waals surface area contributed by atoms with E-state index >= 15 is 0 Å². The molecule has 0 spiro atoms. The van der Waals surface area contributed by atoms with E-state index in [9.17, 15) is 21.6 Å². The van der Waals surface area contributed by atoms with Crippen LogP contribution >= 0.6 is 0 Å². The van der Waals surface area contributed by atoms with Crippen LogP contribution in [0.3, 0.4) is 0 Å². The molecule has 0 saturated carbocycles. The minimum Gasteiger partial charge on any atom is -0.475 e. The van der Waals surface area contributed by atoms with Gasteiger partial charge in [0.2, 0.25) is 5.90 Å². The minimum atomic E-state index is -4.12. The highest BCUT2D eigenvalue weighted by Gasteiger charge is 2.26. The molecule has 0 aromatic heterocycles. The quantitative estimate of drug-likeness (QED) is 0.560. The van der Waals surface area contributed by atoms with Gasteiger partial charge in [-0.2, -0.15) is 8.42 Å². The fourth-order valence-corrected chi connectivity index (χ4v) is 3.84. The van der Waals surface area contributed by atoms with Crippen molar-refractivity contribution in [1.29, 1.82) is 0 Å². The predicted octanol–water partition coefficient (Wildman–Crippen LogP) is 4.39. The maximum absolute atomic E-state index is 13.9. The van der Waals surface area contributed by atoms with Crippen LogP contribution in [0.2, 0.25) is 0 Å². The lowest BCUT2D eigenvalue weighted by Crippen LogP contribution is -2.09. The average molecular weight is 433 g/mol. The Bertz CT molecular complexity index is 1190. The van der Waals surface area contributed by atoms with E-state index in [1.54, 1.807) is 12.1 Å². The lowest BCUT2D eigenvalue weighted by atomic mass is 10.1. The molecule has 1 unspecified atom stereocenters. The Morgan fingerprint density at radius 2 is 1.53 bits per heavy atom. The van der Waals surface area contributed by atoms with E-state index in [4.69, 9.17) is 8.92 Å². The van der Waals surface area contributed by atoms with E-state index in [1.807, 2.05) is 0 Å². The Balaban J connectivity index is 1.52. The summed E-state index contributed by atoms with van der Waals surface area (Å²) in [4.78, 5) is 4.05. The first-order chi connectivity index (χ1) is 14.3. The van der Waals surface area contributed by atoms with Crippen LogP contribution in [0.15, 0.2) is 76.6 Å². The number of benzene rings is 3. The molecule has 0 fully saturated rings. The van der Waals surface area contributed by atoms with Gasteiger partial charge in [-0.05, 0) is 54.1 Å². The number of aliphatic imine (C=N–C) groups is 1. The van der Waals surface area contributed by atoms with Gasteiger partial charge in [0.05, 0.1) is 0 Å². The Kier molecular flexibility index (Phi) is 5.21. The van der Waals surface area contributed by atoms with Gasteiger partial charge < -0.3 is 8.92 Å². The summed E-state index contributed by atoms with van der Waals surface area (Å²) >= 11 is 0. The molecule has 0 amide bonds. The topological polar surface area (TPSA) is 65.0 Å². The van der Waals surface area contributed by atoms with Crippen LogP contribution in [0.4, 0.5) is 13.2 Å². The van der Waals surface area contributed by atoms with Crippen molar-refractivity contribution in [2.45, 2.75) is 10.9 Å². The number of nitrogens with zero attached hydrogens (tertiary/aromatic N) is 1. The van der Waals surface area contributed by atoms with Gasteiger partial charge in [0, 0.05) is 0 Å². The zero-order chi connectivity index (χ0) is 21.3. The zero-order valence-electron chi connectivity index (χ0n) is 15.3. The van der Waals surface area contributed by atoms with Gasteiger partial charge in [-0.3, -0.25) is 0 Å². The lowest BCUT2D eigenvalue weighted by Gasteiger charge is -2.09. The van der Waals surface area contributed by atoms with Crippen molar-refractivity contribution in [3.8, 4) is 5.75 Å².